The second-order valence-corrected chi connectivity index (χ2v) is 8.73. The van der Waals surface area contributed by atoms with Crippen molar-refractivity contribution < 1.29 is 19.0 Å². The SMILES string of the molecule is COc1ccccc1Nc1ncccc1C(=O)NCc1cccc(OCCN(C)C2CCOCC2)c1. The number of likely N-dealkylation sites (N-methyl/N-ethyl adjacent to an activating group) is 1. The van der Waals surface area contributed by atoms with E-state index in [1.54, 1.807) is 25.4 Å². The lowest BCUT2D eigenvalue weighted by atomic mass is 10.1. The molecule has 8 nitrogen and oxygen atoms in total. The fourth-order valence-corrected chi connectivity index (χ4v) is 4.20. The lowest BCUT2D eigenvalue weighted by molar-refractivity contribution is 0.0392. The van der Waals surface area contributed by atoms with Gasteiger partial charge in [0.2, 0.25) is 0 Å². The molecule has 1 amide bonds. The molecule has 0 radical (unpaired) electrons. The number of pyridine rings is 1. The summed E-state index contributed by atoms with van der Waals surface area (Å²) in [5.41, 5.74) is 2.15. The number of amides is 1. The molecule has 1 saturated heterocycles. The van der Waals surface area contributed by atoms with Crippen LogP contribution in [0.15, 0.2) is 66.9 Å². The van der Waals surface area contributed by atoms with Gasteiger partial charge in [0, 0.05) is 38.5 Å². The van der Waals surface area contributed by atoms with Crippen LogP contribution in [-0.4, -0.2) is 62.4 Å². The van der Waals surface area contributed by atoms with Gasteiger partial charge in [0.05, 0.1) is 18.4 Å². The number of nitrogens with zero attached hydrogens (tertiary/aromatic N) is 2. The minimum Gasteiger partial charge on any atom is -0.495 e. The molecule has 0 saturated carbocycles. The molecule has 0 atom stereocenters. The average molecular weight is 491 g/mol. The molecule has 1 aliphatic heterocycles. The standard InChI is InChI=1S/C28H34N4O4/c1-32(22-12-16-35-17-13-22)15-18-36-23-8-5-7-21(19-23)20-30-28(33)24-9-6-14-29-27(24)31-25-10-3-4-11-26(25)34-2/h3-11,14,19,22H,12-13,15-18,20H2,1-2H3,(H,29,31)(H,30,33). The van der Waals surface area contributed by atoms with Crippen LogP contribution in [0.5, 0.6) is 11.5 Å². The topological polar surface area (TPSA) is 85.0 Å². The Morgan fingerprint density at radius 2 is 1.94 bits per heavy atom. The minimum absolute atomic E-state index is 0.218. The molecule has 8 heteroatoms. The molecule has 0 aliphatic carbocycles. The van der Waals surface area contributed by atoms with E-state index >= 15 is 0 Å². The summed E-state index contributed by atoms with van der Waals surface area (Å²) in [6.07, 6.45) is 3.78. The number of methoxy groups -OCH3 is 1. The van der Waals surface area contributed by atoms with Crippen molar-refractivity contribution in [1.29, 1.82) is 0 Å². The van der Waals surface area contributed by atoms with Gasteiger partial charge in [-0.1, -0.05) is 24.3 Å². The van der Waals surface area contributed by atoms with Crippen molar-refractivity contribution in [3.8, 4) is 11.5 Å². The average Bonchev–Trinajstić information content (AvgIpc) is 2.93. The molecular weight excluding hydrogens is 456 g/mol. The number of carbonyl (C=O) groups is 1. The summed E-state index contributed by atoms with van der Waals surface area (Å²) < 4.78 is 16.8. The summed E-state index contributed by atoms with van der Waals surface area (Å²) in [6, 6.07) is 19.4. The van der Waals surface area contributed by atoms with E-state index < -0.39 is 0 Å². The van der Waals surface area contributed by atoms with Gasteiger partial charge in [0.1, 0.15) is 23.9 Å². The van der Waals surface area contributed by atoms with Crippen molar-refractivity contribution >= 4 is 17.4 Å². The maximum Gasteiger partial charge on any atom is 0.255 e. The zero-order chi connectivity index (χ0) is 25.2. The number of anilines is 2. The summed E-state index contributed by atoms with van der Waals surface area (Å²) in [5, 5.41) is 6.20. The quantitative estimate of drug-likeness (QED) is 0.416. The highest BCUT2D eigenvalue weighted by atomic mass is 16.5. The van der Waals surface area contributed by atoms with Crippen molar-refractivity contribution in [1.82, 2.24) is 15.2 Å². The number of hydrogen-bond acceptors (Lipinski definition) is 7. The van der Waals surface area contributed by atoms with E-state index in [0.29, 0.717) is 36.3 Å². The van der Waals surface area contributed by atoms with Crippen LogP contribution in [0.25, 0.3) is 0 Å². The van der Waals surface area contributed by atoms with Crippen LogP contribution in [0.1, 0.15) is 28.8 Å². The van der Waals surface area contributed by atoms with E-state index in [0.717, 1.165) is 49.6 Å². The van der Waals surface area contributed by atoms with Crippen molar-refractivity contribution in [3.63, 3.8) is 0 Å². The smallest absolute Gasteiger partial charge is 0.255 e. The van der Waals surface area contributed by atoms with Gasteiger partial charge < -0.3 is 24.8 Å². The van der Waals surface area contributed by atoms with Crippen LogP contribution < -0.4 is 20.1 Å². The Bertz CT molecular complexity index is 1130. The van der Waals surface area contributed by atoms with Gasteiger partial charge in [-0.25, -0.2) is 4.98 Å². The van der Waals surface area contributed by atoms with Crippen molar-refractivity contribution in [2.45, 2.75) is 25.4 Å². The Morgan fingerprint density at radius 1 is 1.11 bits per heavy atom. The first-order valence-corrected chi connectivity index (χ1v) is 12.3. The van der Waals surface area contributed by atoms with E-state index in [9.17, 15) is 4.79 Å². The lowest BCUT2D eigenvalue weighted by Gasteiger charge is -2.31. The Balaban J connectivity index is 1.31. The van der Waals surface area contributed by atoms with E-state index in [4.69, 9.17) is 14.2 Å². The first kappa shape index (κ1) is 25.5. The van der Waals surface area contributed by atoms with Gasteiger partial charge in [-0.15, -0.1) is 0 Å². The largest absolute Gasteiger partial charge is 0.495 e. The highest BCUT2D eigenvalue weighted by Gasteiger charge is 2.18. The van der Waals surface area contributed by atoms with E-state index in [2.05, 4.69) is 27.6 Å². The Morgan fingerprint density at radius 3 is 2.78 bits per heavy atom. The first-order chi connectivity index (χ1) is 17.6. The van der Waals surface area contributed by atoms with Crippen molar-refractivity contribution in [2.75, 3.05) is 45.8 Å². The number of carbonyl (C=O) groups excluding carboxylic acids is 1. The maximum atomic E-state index is 13.0. The first-order valence-electron chi connectivity index (χ1n) is 12.3. The molecule has 1 fully saturated rings. The maximum absolute atomic E-state index is 13.0. The van der Waals surface area contributed by atoms with Gasteiger partial charge in [0.25, 0.3) is 5.91 Å². The molecule has 36 heavy (non-hydrogen) atoms. The number of aromatic nitrogens is 1. The van der Waals surface area contributed by atoms with Gasteiger partial charge in [-0.3, -0.25) is 9.69 Å². The normalized spacial score (nSPS) is 13.9. The van der Waals surface area contributed by atoms with Crippen LogP contribution in [0.2, 0.25) is 0 Å². The summed E-state index contributed by atoms with van der Waals surface area (Å²) >= 11 is 0. The van der Waals surface area contributed by atoms with Crippen molar-refractivity contribution in [2.24, 2.45) is 0 Å². The van der Waals surface area contributed by atoms with E-state index in [-0.39, 0.29) is 5.91 Å². The third-order valence-electron chi connectivity index (χ3n) is 6.29. The number of ether oxygens (including phenoxy) is 3. The number of rotatable bonds is 11. The highest BCUT2D eigenvalue weighted by molar-refractivity contribution is 5.99. The summed E-state index contributed by atoms with van der Waals surface area (Å²) in [7, 11) is 3.75. The van der Waals surface area contributed by atoms with Crippen molar-refractivity contribution in [3.05, 3.63) is 78.0 Å². The van der Waals surface area contributed by atoms with Gasteiger partial charge in [-0.05, 0) is 61.9 Å². The Hall–Kier alpha value is -3.62. The second kappa shape index (κ2) is 12.9. The van der Waals surface area contributed by atoms with E-state index in [1.807, 2.05) is 48.5 Å². The fraction of sp³-hybridized carbons (Fsp3) is 0.357. The van der Waals surface area contributed by atoms with Crippen LogP contribution in [0.3, 0.4) is 0 Å². The summed E-state index contributed by atoms with van der Waals surface area (Å²) in [4.78, 5) is 19.7. The summed E-state index contributed by atoms with van der Waals surface area (Å²) in [6.45, 7) is 3.51. The highest BCUT2D eigenvalue weighted by Crippen LogP contribution is 2.27. The van der Waals surface area contributed by atoms with E-state index in [1.165, 1.54) is 0 Å². The number of nitrogens with one attached hydrogen (secondary N) is 2. The van der Waals surface area contributed by atoms with Gasteiger partial charge in [-0.2, -0.15) is 0 Å². The molecule has 2 N–H and O–H groups in total. The monoisotopic (exact) mass is 490 g/mol. The predicted octanol–water partition coefficient (Wildman–Crippen LogP) is 4.25. The molecular formula is C28H34N4O4. The summed E-state index contributed by atoms with van der Waals surface area (Å²) in [5.74, 6) is 1.71. The molecule has 1 aliphatic rings. The molecule has 1 aromatic heterocycles. The number of para-hydroxylation sites is 2. The number of hydrogen-bond donors (Lipinski definition) is 2. The van der Waals surface area contributed by atoms with Crippen LogP contribution >= 0.6 is 0 Å². The molecule has 4 rings (SSSR count). The molecule has 0 bridgehead atoms. The van der Waals surface area contributed by atoms with Gasteiger partial charge >= 0.3 is 0 Å². The molecule has 2 heterocycles. The predicted molar refractivity (Wildman–Crippen MR) is 140 cm³/mol. The number of benzene rings is 2. The second-order valence-electron chi connectivity index (χ2n) is 8.73. The van der Waals surface area contributed by atoms with Gasteiger partial charge in [0.15, 0.2) is 0 Å². The zero-order valence-electron chi connectivity index (χ0n) is 20.9. The third-order valence-corrected chi connectivity index (χ3v) is 6.29. The molecule has 3 aromatic rings. The van der Waals surface area contributed by atoms with Crippen LogP contribution in [-0.2, 0) is 11.3 Å². The third kappa shape index (κ3) is 6.96. The van der Waals surface area contributed by atoms with Crippen LogP contribution in [0, 0.1) is 0 Å². The Labute approximate surface area is 212 Å². The molecule has 190 valence electrons. The molecule has 0 unspecified atom stereocenters. The minimum atomic E-state index is -0.218. The lowest BCUT2D eigenvalue weighted by Crippen LogP contribution is -2.38. The zero-order valence-corrected chi connectivity index (χ0v) is 20.9. The molecule has 2 aromatic carbocycles. The van der Waals surface area contributed by atoms with Crippen LogP contribution in [0.4, 0.5) is 11.5 Å². The fourth-order valence-electron chi connectivity index (χ4n) is 4.20. The molecule has 0 spiro atoms. The Kier molecular flexibility index (Phi) is 9.13.